The zero-order valence-electron chi connectivity index (χ0n) is 15.2. The van der Waals surface area contributed by atoms with Crippen LogP contribution in [-0.4, -0.2) is 25.8 Å². The van der Waals surface area contributed by atoms with Gasteiger partial charge in [-0.25, -0.2) is 9.37 Å². The minimum absolute atomic E-state index is 0.0127. The van der Waals surface area contributed by atoms with Gasteiger partial charge in [0, 0.05) is 24.7 Å². The van der Waals surface area contributed by atoms with Crippen LogP contribution in [0, 0.1) is 31.0 Å². The Morgan fingerprint density at radius 2 is 2.19 bits per heavy atom. The molecular weight excluding hydrogens is 333 g/mol. The first-order valence-electron chi connectivity index (χ1n) is 8.58. The molecule has 1 aliphatic heterocycles. The van der Waals surface area contributed by atoms with Crippen molar-refractivity contribution in [3.05, 3.63) is 57.8 Å². The van der Waals surface area contributed by atoms with Gasteiger partial charge in [-0.2, -0.15) is 0 Å². The molecule has 0 amide bonds. The van der Waals surface area contributed by atoms with E-state index < -0.39 is 0 Å². The smallest absolute Gasteiger partial charge is 0.250 e. The first kappa shape index (κ1) is 16.6. The maximum absolute atomic E-state index is 13.9. The average molecular weight is 354 g/mol. The first-order chi connectivity index (χ1) is 12.3. The minimum atomic E-state index is -0.242. The van der Waals surface area contributed by atoms with Crippen molar-refractivity contribution in [2.24, 2.45) is 5.92 Å². The summed E-state index contributed by atoms with van der Waals surface area (Å²) in [7, 11) is 0. The number of aryl methyl sites for hydroxylation is 2. The van der Waals surface area contributed by atoms with Crippen LogP contribution in [0.15, 0.2) is 24.2 Å². The summed E-state index contributed by atoms with van der Waals surface area (Å²) in [6.07, 6.45) is 4.10. The number of halogens is 1. The van der Waals surface area contributed by atoms with E-state index in [1.54, 1.807) is 23.6 Å². The van der Waals surface area contributed by atoms with Gasteiger partial charge in [0.15, 0.2) is 0 Å². The van der Waals surface area contributed by atoms with E-state index >= 15 is 0 Å². The molecule has 2 atom stereocenters. The number of aromatic nitrogens is 2. The Morgan fingerprint density at radius 3 is 2.96 bits per heavy atom. The molecule has 1 saturated carbocycles. The molecule has 1 fully saturated rings. The first-order valence-corrected chi connectivity index (χ1v) is 8.58. The van der Waals surface area contributed by atoms with Crippen molar-refractivity contribution in [2.45, 2.75) is 40.0 Å². The Kier molecular flexibility index (Phi) is 3.71. The highest BCUT2D eigenvalue weighted by Gasteiger charge is 2.41. The van der Waals surface area contributed by atoms with Crippen LogP contribution in [0.25, 0.3) is 16.5 Å². The highest BCUT2D eigenvalue weighted by molar-refractivity contribution is 5.95. The minimum Gasteiger partial charge on any atom is -0.558 e. The Morgan fingerprint density at radius 1 is 1.42 bits per heavy atom. The summed E-state index contributed by atoms with van der Waals surface area (Å²) >= 11 is 0. The van der Waals surface area contributed by atoms with Gasteiger partial charge in [-0.05, 0) is 50.4 Å². The third-order valence-corrected chi connectivity index (χ3v) is 4.92. The SMILES string of the molecule is CC1=CNC(C)=[N+]([N-]C(=N)C2CC2c2nc3cc(C)c(F)cn3c2C)[N-]1. The molecule has 3 heterocycles. The van der Waals surface area contributed by atoms with Crippen molar-refractivity contribution in [1.29, 1.82) is 5.41 Å². The summed E-state index contributed by atoms with van der Waals surface area (Å²) in [5, 5.41) is 11.4. The van der Waals surface area contributed by atoms with E-state index in [2.05, 4.69) is 21.2 Å². The standard InChI is InChI=1S/C18H21FN7/c1-9-5-16-22-17(11(3)25(16)8-15(9)19)13-6-14(13)18(20)24-26-12(4)21-7-10(2)23-26/h5,7-8,13-14,21H,6H2,1-4H3,(H-,20,24)/q-1. The molecule has 8 heteroatoms. The van der Waals surface area contributed by atoms with Crippen LogP contribution in [0.3, 0.4) is 0 Å². The van der Waals surface area contributed by atoms with E-state index in [0.29, 0.717) is 5.56 Å². The molecule has 2 unspecified atom stereocenters. The highest BCUT2D eigenvalue weighted by Crippen LogP contribution is 2.49. The molecule has 1 aliphatic carbocycles. The predicted octanol–water partition coefficient (Wildman–Crippen LogP) is 3.64. The molecular formula is C18H21FN7-. The topological polar surface area (TPSA) is 84.4 Å². The van der Waals surface area contributed by atoms with Gasteiger partial charge in [0.25, 0.3) is 0 Å². The van der Waals surface area contributed by atoms with Crippen LogP contribution in [-0.2, 0) is 0 Å². The molecule has 2 aromatic heterocycles. The summed E-state index contributed by atoms with van der Waals surface area (Å²) in [5.74, 6) is 0.956. The van der Waals surface area contributed by atoms with Gasteiger partial charge < -0.3 is 20.7 Å². The van der Waals surface area contributed by atoms with Crippen molar-refractivity contribution in [2.75, 3.05) is 0 Å². The van der Waals surface area contributed by atoms with E-state index in [1.165, 1.54) is 11.0 Å². The lowest BCUT2D eigenvalue weighted by molar-refractivity contribution is -0.416. The van der Waals surface area contributed by atoms with Gasteiger partial charge in [0.1, 0.15) is 11.5 Å². The summed E-state index contributed by atoms with van der Waals surface area (Å²) < 4.78 is 15.6. The molecule has 2 N–H and O–H groups in total. The molecule has 0 radical (unpaired) electrons. The summed E-state index contributed by atoms with van der Waals surface area (Å²) in [4.78, 5) is 6.14. The lowest BCUT2D eigenvalue weighted by Gasteiger charge is -2.30. The fraction of sp³-hybridized carbons (Fsp3) is 0.389. The van der Waals surface area contributed by atoms with Gasteiger partial charge >= 0.3 is 0 Å². The normalized spacial score (nSPS) is 22.0. The van der Waals surface area contributed by atoms with Crippen LogP contribution in [0.4, 0.5) is 4.39 Å². The molecule has 136 valence electrons. The van der Waals surface area contributed by atoms with Gasteiger partial charge in [-0.3, -0.25) is 10.1 Å². The third kappa shape index (κ3) is 2.71. The molecule has 26 heavy (non-hydrogen) atoms. The number of rotatable bonds is 3. The van der Waals surface area contributed by atoms with E-state index in [0.717, 1.165) is 35.0 Å². The van der Waals surface area contributed by atoms with Crippen molar-refractivity contribution < 1.29 is 9.18 Å². The number of nitrogens with one attached hydrogen (secondary N) is 2. The van der Waals surface area contributed by atoms with Gasteiger partial charge in [0.05, 0.1) is 11.9 Å². The Hall–Kier alpha value is -2.90. The largest absolute Gasteiger partial charge is 0.558 e. The Labute approximate surface area is 151 Å². The summed E-state index contributed by atoms with van der Waals surface area (Å²) in [6, 6.07) is 1.75. The number of amidine groups is 2. The maximum Gasteiger partial charge on any atom is 0.250 e. The second-order valence-electron chi connectivity index (χ2n) is 6.95. The number of hydrogen-bond acceptors (Lipinski definition) is 3. The fourth-order valence-electron chi connectivity index (χ4n) is 3.24. The van der Waals surface area contributed by atoms with Crippen molar-refractivity contribution in [3.8, 4) is 0 Å². The van der Waals surface area contributed by atoms with E-state index in [-0.39, 0.29) is 23.5 Å². The number of fused-ring (bicyclic) bond motifs is 1. The lowest BCUT2D eigenvalue weighted by Crippen LogP contribution is -2.29. The molecule has 2 aromatic rings. The van der Waals surface area contributed by atoms with Crippen LogP contribution in [0.1, 0.15) is 43.1 Å². The molecule has 4 rings (SSSR count). The maximum atomic E-state index is 13.9. The highest BCUT2D eigenvalue weighted by atomic mass is 19.1. The number of hydrogen-bond donors (Lipinski definition) is 2. The fourth-order valence-corrected chi connectivity index (χ4v) is 3.24. The van der Waals surface area contributed by atoms with E-state index in [1.807, 2.05) is 20.8 Å². The molecule has 0 saturated heterocycles. The monoisotopic (exact) mass is 354 g/mol. The van der Waals surface area contributed by atoms with Gasteiger partial charge in [-0.1, -0.05) is 0 Å². The molecule has 7 nitrogen and oxygen atoms in total. The molecule has 0 bridgehead atoms. The van der Waals surface area contributed by atoms with Crippen LogP contribution < -0.4 is 5.32 Å². The summed E-state index contributed by atoms with van der Waals surface area (Å²) in [6.45, 7) is 7.40. The number of nitrogens with zero attached hydrogens (tertiary/aromatic N) is 5. The number of pyridine rings is 1. The second kappa shape index (κ2) is 5.82. The number of imidazole rings is 1. The van der Waals surface area contributed by atoms with E-state index in [9.17, 15) is 4.39 Å². The van der Waals surface area contributed by atoms with Crippen molar-refractivity contribution in [3.63, 3.8) is 0 Å². The van der Waals surface area contributed by atoms with E-state index in [4.69, 9.17) is 5.41 Å². The Bertz CT molecular complexity index is 985. The number of allylic oxidation sites excluding steroid dienone is 1. The van der Waals surface area contributed by atoms with Crippen LogP contribution in [0.5, 0.6) is 0 Å². The van der Waals surface area contributed by atoms with Crippen molar-refractivity contribution >= 4 is 17.3 Å². The summed E-state index contributed by atoms with van der Waals surface area (Å²) in [5.41, 5.74) is 12.6. The Balaban J connectivity index is 1.52. The van der Waals surface area contributed by atoms with Crippen LogP contribution >= 0.6 is 0 Å². The second-order valence-corrected chi connectivity index (χ2v) is 6.95. The predicted molar refractivity (Wildman–Crippen MR) is 97.8 cm³/mol. The van der Waals surface area contributed by atoms with Gasteiger partial charge in [-0.15, -0.1) is 5.84 Å². The van der Waals surface area contributed by atoms with Crippen LogP contribution in [0.2, 0.25) is 0 Å². The lowest BCUT2D eigenvalue weighted by atomic mass is 10.2. The third-order valence-electron chi connectivity index (χ3n) is 4.92. The zero-order valence-corrected chi connectivity index (χ0v) is 15.2. The molecule has 2 aliphatic rings. The zero-order chi connectivity index (χ0) is 18.6. The average Bonchev–Trinajstić information content (AvgIpc) is 3.33. The quantitative estimate of drug-likeness (QED) is 0.501. The molecule has 0 spiro atoms. The molecule has 0 aromatic carbocycles. The van der Waals surface area contributed by atoms with Crippen molar-refractivity contribution in [1.82, 2.24) is 14.7 Å². The van der Waals surface area contributed by atoms with Gasteiger partial charge in [0.2, 0.25) is 5.84 Å².